The van der Waals surface area contributed by atoms with Crippen molar-refractivity contribution in [2.24, 2.45) is 0 Å². The maximum atomic E-state index is 15.6. The lowest BCUT2D eigenvalue weighted by atomic mass is 10.0. The van der Waals surface area contributed by atoms with Crippen molar-refractivity contribution >= 4 is 40.5 Å². The molecular formula is C27H27ClF3N5O2. The minimum atomic E-state index is -0.940. The van der Waals surface area contributed by atoms with Gasteiger partial charge in [-0.3, -0.25) is 9.80 Å². The van der Waals surface area contributed by atoms with Crippen LogP contribution in [0.3, 0.4) is 0 Å². The summed E-state index contributed by atoms with van der Waals surface area (Å²) >= 11 is 6.24. The van der Waals surface area contributed by atoms with Gasteiger partial charge in [0.05, 0.1) is 11.9 Å². The Morgan fingerprint density at radius 1 is 1.05 bits per heavy atom. The monoisotopic (exact) mass is 545 g/mol. The Labute approximate surface area is 223 Å². The minimum absolute atomic E-state index is 0.117. The van der Waals surface area contributed by atoms with Crippen molar-refractivity contribution in [2.45, 2.75) is 25.8 Å². The summed E-state index contributed by atoms with van der Waals surface area (Å²) in [4.78, 5) is 20.1. The second-order valence-electron chi connectivity index (χ2n) is 9.10. The number of rotatable bonds is 7. The van der Waals surface area contributed by atoms with E-state index in [2.05, 4.69) is 15.6 Å². The summed E-state index contributed by atoms with van der Waals surface area (Å²) in [6.07, 6.45) is 2.85. The molecular weight excluding hydrogens is 519 g/mol. The molecule has 38 heavy (non-hydrogen) atoms. The Morgan fingerprint density at radius 3 is 2.50 bits per heavy atom. The topological polar surface area (TPSA) is 69.7 Å². The van der Waals surface area contributed by atoms with E-state index >= 15 is 8.78 Å². The fourth-order valence-electron chi connectivity index (χ4n) is 4.84. The molecule has 11 heteroatoms. The zero-order chi connectivity index (χ0) is 26.8. The first-order chi connectivity index (χ1) is 18.4. The number of carbonyl (C=O) groups is 1. The van der Waals surface area contributed by atoms with E-state index < -0.39 is 29.2 Å². The molecule has 5 rings (SSSR count). The number of amides is 2. The van der Waals surface area contributed by atoms with Crippen molar-refractivity contribution in [2.75, 3.05) is 48.0 Å². The van der Waals surface area contributed by atoms with E-state index in [9.17, 15) is 9.18 Å². The van der Waals surface area contributed by atoms with E-state index in [4.69, 9.17) is 16.3 Å². The van der Waals surface area contributed by atoms with E-state index in [-0.39, 0.29) is 28.8 Å². The number of ether oxygens (including phenoxy) is 1. The Balaban J connectivity index is 1.48. The maximum absolute atomic E-state index is 15.6. The van der Waals surface area contributed by atoms with E-state index in [1.807, 2.05) is 0 Å². The lowest BCUT2D eigenvalue weighted by molar-refractivity contribution is 0.0784. The highest BCUT2D eigenvalue weighted by molar-refractivity contribution is 6.31. The summed E-state index contributed by atoms with van der Waals surface area (Å²) in [5.74, 6) is -2.31. The molecule has 7 nitrogen and oxygen atoms in total. The SMILES string of the molecule is CCN1C(=O)N(c2c(F)cc(NCCNC3CCOCC3)cc2F)c2cc(Cl)ccc2-c2cc(F)cnc21. The molecule has 1 saturated heterocycles. The number of nitrogens with zero attached hydrogens (tertiary/aromatic N) is 3. The Bertz CT molecular complexity index is 1330. The third-order valence-electron chi connectivity index (χ3n) is 6.67. The maximum Gasteiger partial charge on any atom is 0.334 e. The summed E-state index contributed by atoms with van der Waals surface area (Å²) in [5, 5.41) is 6.68. The number of halogens is 4. The standard InChI is InChI=1S/C27H27ClF3N5O2/c1-2-35-26-21(12-17(29)15-34-26)20-4-3-16(28)11-24(20)36(27(35)37)25-22(30)13-19(14-23(25)31)33-8-7-32-18-5-9-38-10-6-18/h3-4,11-15,18,32-33H,2,5-10H2,1H3. The highest BCUT2D eigenvalue weighted by atomic mass is 35.5. The van der Waals surface area contributed by atoms with Gasteiger partial charge in [-0.15, -0.1) is 0 Å². The van der Waals surface area contributed by atoms with Gasteiger partial charge in [0.1, 0.15) is 17.3 Å². The number of hydrogen-bond acceptors (Lipinski definition) is 5. The molecule has 0 bridgehead atoms. The van der Waals surface area contributed by atoms with Crippen LogP contribution in [-0.4, -0.2) is 49.9 Å². The van der Waals surface area contributed by atoms with Crippen molar-refractivity contribution < 1.29 is 22.7 Å². The largest absolute Gasteiger partial charge is 0.384 e. The number of urea groups is 1. The molecule has 3 aromatic rings. The first-order valence-electron chi connectivity index (χ1n) is 12.5. The lowest BCUT2D eigenvalue weighted by Gasteiger charge is -2.28. The van der Waals surface area contributed by atoms with Crippen molar-refractivity contribution in [3.8, 4) is 11.1 Å². The summed E-state index contributed by atoms with van der Waals surface area (Å²) in [7, 11) is 0. The number of anilines is 4. The van der Waals surface area contributed by atoms with Crippen LogP contribution in [0.25, 0.3) is 11.1 Å². The van der Waals surface area contributed by atoms with Gasteiger partial charge in [-0.05, 0) is 50.1 Å². The molecule has 0 spiro atoms. The number of fused-ring (bicyclic) bond motifs is 3. The quantitative estimate of drug-likeness (QED) is 0.351. The van der Waals surface area contributed by atoms with E-state index in [1.54, 1.807) is 19.1 Å². The summed E-state index contributed by atoms with van der Waals surface area (Å²) in [5.41, 5.74) is 0.472. The normalized spacial score (nSPS) is 15.8. The molecule has 2 amide bonds. The van der Waals surface area contributed by atoms with Gasteiger partial charge < -0.3 is 15.4 Å². The number of nitrogens with one attached hydrogen (secondary N) is 2. The molecule has 2 aliphatic rings. The second-order valence-corrected chi connectivity index (χ2v) is 9.54. The Hall–Kier alpha value is -3.34. The molecule has 2 N–H and O–H groups in total. The van der Waals surface area contributed by atoms with Crippen LogP contribution in [-0.2, 0) is 4.74 Å². The predicted molar refractivity (Wildman–Crippen MR) is 142 cm³/mol. The highest BCUT2D eigenvalue weighted by Crippen LogP contribution is 2.45. The highest BCUT2D eigenvalue weighted by Gasteiger charge is 2.36. The average molecular weight is 546 g/mol. The zero-order valence-corrected chi connectivity index (χ0v) is 21.5. The van der Waals surface area contributed by atoms with Crippen LogP contribution < -0.4 is 20.4 Å². The average Bonchev–Trinajstić information content (AvgIpc) is 2.99. The minimum Gasteiger partial charge on any atom is -0.384 e. The smallest absolute Gasteiger partial charge is 0.334 e. The lowest BCUT2D eigenvalue weighted by Crippen LogP contribution is -2.41. The third-order valence-corrected chi connectivity index (χ3v) is 6.90. The molecule has 2 aliphatic heterocycles. The van der Waals surface area contributed by atoms with Crippen LogP contribution in [0.5, 0.6) is 0 Å². The van der Waals surface area contributed by atoms with Crippen LogP contribution in [0, 0.1) is 17.5 Å². The molecule has 1 aromatic heterocycles. The molecule has 0 atom stereocenters. The summed E-state index contributed by atoms with van der Waals surface area (Å²) < 4.78 is 50.7. The fourth-order valence-corrected chi connectivity index (χ4v) is 5.01. The van der Waals surface area contributed by atoms with Crippen LogP contribution in [0.15, 0.2) is 42.6 Å². The zero-order valence-electron chi connectivity index (χ0n) is 20.7. The molecule has 0 saturated carbocycles. The molecule has 1 fully saturated rings. The van der Waals surface area contributed by atoms with Gasteiger partial charge >= 0.3 is 6.03 Å². The first-order valence-corrected chi connectivity index (χ1v) is 12.9. The number of pyridine rings is 1. The number of carbonyl (C=O) groups excluding carboxylic acids is 1. The van der Waals surface area contributed by atoms with Gasteiger partial charge in [0.2, 0.25) is 0 Å². The first kappa shape index (κ1) is 26.3. The fraction of sp³-hybridized carbons (Fsp3) is 0.333. The molecule has 2 aromatic carbocycles. The Morgan fingerprint density at radius 2 is 1.79 bits per heavy atom. The van der Waals surface area contributed by atoms with Crippen molar-refractivity contribution in [3.05, 3.63) is 65.1 Å². The van der Waals surface area contributed by atoms with Crippen molar-refractivity contribution in [3.63, 3.8) is 0 Å². The van der Waals surface area contributed by atoms with Crippen LogP contribution in [0.4, 0.5) is 40.8 Å². The summed E-state index contributed by atoms with van der Waals surface area (Å²) in [6, 6.07) is 7.72. The summed E-state index contributed by atoms with van der Waals surface area (Å²) in [6.45, 7) is 4.33. The Kier molecular flexibility index (Phi) is 7.73. The van der Waals surface area contributed by atoms with Gasteiger partial charge in [0.15, 0.2) is 11.6 Å². The van der Waals surface area contributed by atoms with E-state index in [0.29, 0.717) is 30.3 Å². The van der Waals surface area contributed by atoms with E-state index in [0.717, 1.165) is 49.3 Å². The molecule has 0 radical (unpaired) electrons. The van der Waals surface area contributed by atoms with Crippen molar-refractivity contribution in [1.29, 1.82) is 0 Å². The van der Waals surface area contributed by atoms with Crippen molar-refractivity contribution in [1.82, 2.24) is 10.3 Å². The van der Waals surface area contributed by atoms with Gasteiger partial charge in [0, 0.05) is 60.7 Å². The van der Waals surface area contributed by atoms with Gasteiger partial charge in [0.25, 0.3) is 0 Å². The van der Waals surface area contributed by atoms with Gasteiger partial charge in [-0.2, -0.15) is 0 Å². The van der Waals surface area contributed by atoms with Gasteiger partial charge in [-0.25, -0.2) is 22.9 Å². The van der Waals surface area contributed by atoms with E-state index in [1.165, 1.54) is 17.0 Å². The molecule has 200 valence electrons. The second kappa shape index (κ2) is 11.2. The third kappa shape index (κ3) is 5.16. The van der Waals surface area contributed by atoms with Crippen LogP contribution in [0.2, 0.25) is 5.02 Å². The molecule has 0 aliphatic carbocycles. The van der Waals surface area contributed by atoms with Crippen LogP contribution >= 0.6 is 11.6 Å². The number of hydrogen-bond donors (Lipinski definition) is 2. The predicted octanol–water partition coefficient (Wildman–Crippen LogP) is 6.10. The number of aromatic nitrogens is 1. The number of benzene rings is 2. The molecule has 3 heterocycles. The van der Waals surface area contributed by atoms with Gasteiger partial charge in [-0.1, -0.05) is 17.7 Å². The molecule has 0 unspecified atom stereocenters. The van der Waals surface area contributed by atoms with Crippen LogP contribution in [0.1, 0.15) is 19.8 Å².